The Morgan fingerprint density at radius 2 is 1.77 bits per heavy atom. The van der Waals surface area contributed by atoms with Crippen LogP contribution >= 0.6 is 15.9 Å². The third-order valence-electron chi connectivity index (χ3n) is 4.95. The number of amides is 2. The van der Waals surface area contributed by atoms with Gasteiger partial charge in [-0.15, -0.1) is 0 Å². The van der Waals surface area contributed by atoms with Crippen molar-refractivity contribution in [2.24, 2.45) is 5.92 Å². The molecule has 0 spiro atoms. The molecule has 3 N–H and O–H groups in total. The van der Waals surface area contributed by atoms with Gasteiger partial charge in [0.05, 0.1) is 4.47 Å². The zero-order valence-corrected chi connectivity index (χ0v) is 17.6. The highest BCUT2D eigenvalue weighted by Crippen LogP contribution is 2.22. The Kier molecular flexibility index (Phi) is 7.15. The van der Waals surface area contributed by atoms with Crippen LogP contribution in [0.5, 0.6) is 0 Å². The molecule has 0 atom stereocenters. The average molecular weight is 479 g/mol. The van der Waals surface area contributed by atoms with Crippen LogP contribution in [0.4, 0.5) is 19.3 Å². The molecule has 9 heteroatoms. The van der Waals surface area contributed by atoms with Gasteiger partial charge in [-0.25, -0.2) is 13.6 Å². The van der Waals surface area contributed by atoms with Gasteiger partial charge < -0.3 is 15.5 Å². The van der Waals surface area contributed by atoms with E-state index in [1.54, 1.807) is 17.0 Å². The molecule has 1 aliphatic heterocycles. The van der Waals surface area contributed by atoms with E-state index in [0.717, 1.165) is 5.56 Å². The van der Waals surface area contributed by atoms with Crippen LogP contribution in [0.25, 0.3) is 0 Å². The lowest BCUT2D eigenvalue weighted by Crippen LogP contribution is -2.46. The number of Topliss-reactive ketones (excluding diaryl/α,β-unsaturated/α-hetero) is 1. The Bertz CT molecular complexity index is 945. The number of benzene rings is 2. The van der Waals surface area contributed by atoms with Gasteiger partial charge in [-0.05, 0) is 64.7 Å². The smallest absolute Gasteiger partial charge is 0.317 e. The third kappa shape index (κ3) is 5.63. The highest BCUT2D eigenvalue weighted by molar-refractivity contribution is 9.10. The Hall–Kier alpha value is -2.81. The second kappa shape index (κ2) is 9.80. The van der Waals surface area contributed by atoms with E-state index in [-0.39, 0.29) is 33.9 Å². The molecule has 0 unspecified atom stereocenters. The van der Waals surface area contributed by atoms with Gasteiger partial charge in [-0.1, -0.05) is 12.1 Å². The maximum Gasteiger partial charge on any atom is 0.317 e. The molecule has 0 aromatic heterocycles. The second-order valence-corrected chi connectivity index (χ2v) is 7.89. The molecule has 30 heavy (non-hydrogen) atoms. The maximum atomic E-state index is 13.3. The maximum absolute atomic E-state index is 13.3. The number of carbonyl (C=O) groups excluding carboxylic acids is 2. The number of amidine groups is 1. The molecule has 6 nitrogen and oxygen atoms in total. The van der Waals surface area contributed by atoms with Gasteiger partial charge in [0.25, 0.3) is 0 Å². The van der Waals surface area contributed by atoms with E-state index < -0.39 is 5.82 Å². The van der Waals surface area contributed by atoms with Crippen LogP contribution in [-0.2, 0) is 11.3 Å². The quantitative estimate of drug-likeness (QED) is 0.442. The first-order valence-corrected chi connectivity index (χ1v) is 10.2. The van der Waals surface area contributed by atoms with Crippen LogP contribution in [0.1, 0.15) is 18.4 Å². The Morgan fingerprint density at radius 3 is 2.40 bits per heavy atom. The van der Waals surface area contributed by atoms with Crippen LogP contribution in [0, 0.1) is 23.0 Å². The molecule has 1 heterocycles. The van der Waals surface area contributed by atoms with Crippen LogP contribution < -0.4 is 10.6 Å². The Morgan fingerprint density at radius 1 is 1.10 bits per heavy atom. The molecule has 1 fully saturated rings. The van der Waals surface area contributed by atoms with E-state index in [9.17, 15) is 18.4 Å². The first-order chi connectivity index (χ1) is 14.3. The fourth-order valence-electron chi connectivity index (χ4n) is 3.22. The normalized spacial score (nSPS) is 14.3. The van der Waals surface area contributed by atoms with E-state index in [1.807, 2.05) is 0 Å². The summed E-state index contributed by atoms with van der Waals surface area (Å²) in [7, 11) is 0. The number of hydrogen-bond acceptors (Lipinski definition) is 3. The van der Waals surface area contributed by atoms with Crippen LogP contribution in [-0.4, -0.2) is 35.6 Å². The summed E-state index contributed by atoms with van der Waals surface area (Å²) in [6.07, 6.45) is 0.917. The topological polar surface area (TPSA) is 85.3 Å². The predicted molar refractivity (Wildman–Crippen MR) is 113 cm³/mol. The summed E-state index contributed by atoms with van der Waals surface area (Å²) in [5.41, 5.74) is 1.24. The van der Waals surface area contributed by atoms with Gasteiger partial charge >= 0.3 is 6.03 Å². The standard InChI is InChI=1S/C21H21BrF2N4O2/c22-17-11-16(5-6-18(17)24)27-20(25)19(29)14-7-9-28(10-8-14)21(30)26-12-13-1-3-15(23)4-2-13/h1-6,11,14H,7-10,12H2,(H2,25,27)(H,26,30). The minimum absolute atomic E-state index is 0.241. The zero-order valence-electron chi connectivity index (χ0n) is 16.1. The fourth-order valence-corrected chi connectivity index (χ4v) is 3.60. The van der Waals surface area contributed by atoms with Crippen molar-refractivity contribution in [2.75, 3.05) is 18.4 Å². The summed E-state index contributed by atoms with van der Waals surface area (Å²) in [6, 6.07) is 9.82. The molecule has 1 aliphatic rings. The molecule has 2 amide bonds. The number of carbonyl (C=O) groups is 2. The van der Waals surface area contributed by atoms with Crippen molar-refractivity contribution in [1.82, 2.24) is 10.2 Å². The number of nitrogens with zero attached hydrogens (tertiary/aromatic N) is 1. The van der Waals surface area contributed by atoms with Gasteiger partial charge in [0.15, 0.2) is 5.84 Å². The molecule has 1 saturated heterocycles. The lowest BCUT2D eigenvalue weighted by Gasteiger charge is -2.31. The minimum atomic E-state index is -0.427. The minimum Gasteiger partial charge on any atom is -0.338 e. The highest BCUT2D eigenvalue weighted by atomic mass is 79.9. The van der Waals surface area contributed by atoms with Gasteiger partial charge in [0, 0.05) is 31.2 Å². The largest absolute Gasteiger partial charge is 0.338 e. The predicted octanol–water partition coefficient (Wildman–Crippen LogP) is 4.31. The van der Waals surface area contributed by atoms with Crippen molar-refractivity contribution in [2.45, 2.75) is 19.4 Å². The van der Waals surface area contributed by atoms with E-state index in [0.29, 0.717) is 38.2 Å². The lowest BCUT2D eigenvalue weighted by molar-refractivity contribution is -0.117. The van der Waals surface area contributed by atoms with Crippen molar-refractivity contribution in [3.05, 3.63) is 64.1 Å². The number of anilines is 1. The Balaban J connectivity index is 1.46. The second-order valence-electron chi connectivity index (χ2n) is 7.04. The van der Waals surface area contributed by atoms with Gasteiger partial charge in [-0.3, -0.25) is 10.2 Å². The molecule has 0 aliphatic carbocycles. The van der Waals surface area contributed by atoms with Crippen molar-refractivity contribution >= 4 is 39.3 Å². The molecule has 0 saturated carbocycles. The van der Waals surface area contributed by atoms with Crippen molar-refractivity contribution in [3.63, 3.8) is 0 Å². The number of hydrogen-bond donors (Lipinski definition) is 3. The third-order valence-corrected chi connectivity index (χ3v) is 5.55. The van der Waals surface area contributed by atoms with Gasteiger partial charge in [0.1, 0.15) is 11.6 Å². The van der Waals surface area contributed by atoms with E-state index in [4.69, 9.17) is 5.41 Å². The average Bonchev–Trinajstić information content (AvgIpc) is 2.75. The number of halogens is 3. The molecule has 158 valence electrons. The molecule has 0 radical (unpaired) electrons. The zero-order chi connectivity index (χ0) is 21.7. The molecule has 3 rings (SSSR count). The highest BCUT2D eigenvalue weighted by Gasteiger charge is 2.29. The van der Waals surface area contributed by atoms with Crippen LogP contribution in [0.15, 0.2) is 46.9 Å². The first kappa shape index (κ1) is 21.9. The number of urea groups is 1. The van der Waals surface area contributed by atoms with Crippen molar-refractivity contribution < 1.29 is 18.4 Å². The Labute approximate surface area is 181 Å². The van der Waals surface area contributed by atoms with E-state index in [2.05, 4.69) is 26.6 Å². The van der Waals surface area contributed by atoms with Gasteiger partial charge in [0.2, 0.25) is 5.78 Å². The summed E-state index contributed by atoms with van der Waals surface area (Å²) in [5.74, 6) is -1.70. The monoisotopic (exact) mass is 478 g/mol. The number of piperidine rings is 1. The van der Waals surface area contributed by atoms with Crippen molar-refractivity contribution in [1.29, 1.82) is 5.41 Å². The van der Waals surface area contributed by atoms with E-state index >= 15 is 0 Å². The van der Waals surface area contributed by atoms with Gasteiger partial charge in [-0.2, -0.15) is 0 Å². The molecule has 0 bridgehead atoms. The first-order valence-electron chi connectivity index (χ1n) is 9.45. The number of nitrogens with one attached hydrogen (secondary N) is 3. The summed E-state index contributed by atoms with van der Waals surface area (Å²) >= 11 is 3.07. The number of likely N-dealkylation sites (tertiary alicyclic amines) is 1. The number of rotatable bonds is 5. The summed E-state index contributed by atoms with van der Waals surface area (Å²) in [5, 5.41) is 13.5. The molecular weight excluding hydrogens is 458 g/mol. The SMILES string of the molecule is N=C(Nc1ccc(F)c(Br)c1)C(=O)C1CCN(C(=O)NCc2ccc(F)cc2)CC1. The summed E-state index contributed by atoms with van der Waals surface area (Å²) < 4.78 is 26.5. The number of ketones is 1. The lowest BCUT2D eigenvalue weighted by atomic mass is 9.92. The van der Waals surface area contributed by atoms with E-state index in [1.165, 1.54) is 30.3 Å². The van der Waals surface area contributed by atoms with Crippen molar-refractivity contribution in [3.8, 4) is 0 Å². The summed E-state index contributed by atoms with van der Waals surface area (Å²) in [6.45, 7) is 1.10. The summed E-state index contributed by atoms with van der Waals surface area (Å²) in [4.78, 5) is 26.5. The fraction of sp³-hybridized carbons (Fsp3) is 0.286. The molecular formula is C21H21BrF2N4O2. The van der Waals surface area contributed by atoms with Crippen LogP contribution in [0.2, 0.25) is 0 Å². The van der Waals surface area contributed by atoms with Crippen LogP contribution in [0.3, 0.4) is 0 Å². The molecule has 2 aromatic rings. The molecule has 2 aromatic carbocycles.